The van der Waals surface area contributed by atoms with E-state index in [2.05, 4.69) is 10.3 Å². The minimum atomic E-state index is -0.246. The number of rotatable bonds is 3. The van der Waals surface area contributed by atoms with Crippen molar-refractivity contribution >= 4 is 28.5 Å². The maximum absolute atomic E-state index is 12.8. The van der Waals surface area contributed by atoms with E-state index in [0.717, 1.165) is 16.9 Å². The van der Waals surface area contributed by atoms with Gasteiger partial charge in [0.25, 0.3) is 5.56 Å². The van der Waals surface area contributed by atoms with Gasteiger partial charge in [0.05, 0.1) is 5.39 Å². The van der Waals surface area contributed by atoms with Crippen molar-refractivity contribution in [3.8, 4) is 5.69 Å². The summed E-state index contributed by atoms with van der Waals surface area (Å²) >= 11 is 5.95. The van der Waals surface area contributed by atoms with Crippen LogP contribution in [0.3, 0.4) is 0 Å². The molecular weight excluding hydrogens is 328 g/mol. The fraction of sp³-hybridized carbons (Fsp3) is 0.235. The van der Waals surface area contributed by atoms with Crippen LogP contribution in [-0.4, -0.2) is 27.1 Å². The highest BCUT2D eigenvalue weighted by Crippen LogP contribution is 2.25. The number of aryl methyl sites for hydroxylation is 1. The van der Waals surface area contributed by atoms with Gasteiger partial charge in [0.2, 0.25) is 5.91 Å². The van der Waals surface area contributed by atoms with Crippen molar-refractivity contribution in [2.45, 2.75) is 20.4 Å². The molecule has 0 spiro atoms. The van der Waals surface area contributed by atoms with E-state index in [9.17, 15) is 9.59 Å². The molecular formula is C17H17ClN4O2. The smallest absolute Gasteiger partial charge is 0.263 e. The Morgan fingerprint density at radius 1 is 1.25 bits per heavy atom. The van der Waals surface area contributed by atoms with Crippen LogP contribution in [0.25, 0.3) is 16.7 Å². The van der Waals surface area contributed by atoms with E-state index < -0.39 is 0 Å². The molecule has 7 heteroatoms. The normalized spacial score (nSPS) is 11.0. The molecule has 0 atom stereocenters. The maximum atomic E-state index is 12.8. The Balaban J connectivity index is 2.25. The Morgan fingerprint density at radius 2 is 1.92 bits per heavy atom. The van der Waals surface area contributed by atoms with Crippen molar-refractivity contribution in [1.29, 1.82) is 0 Å². The monoisotopic (exact) mass is 344 g/mol. The lowest BCUT2D eigenvalue weighted by Gasteiger charge is -2.08. The topological polar surface area (TPSA) is 68.9 Å². The number of likely N-dealkylation sites (N-methyl/N-ethyl adjacent to an activating group) is 1. The lowest BCUT2D eigenvalue weighted by Crippen LogP contribution is -2.30. The Kier molecular flexibility index (Phi) is 4.15. The SMILES string of the molecule is CNC(=O)Cn1cnc2c(c(C)c(C)n2-c2ccc(Cl)cc2)c1=O. The average Bonchev–Trinajstić information content (AvgIpc) is 2.83. The van der Waals surface area contributed by atoms with Gasteiger partial charge in [-0.25, -0.2) is 4.98 Å². The molecule has 1 aromatic carbocycles. The summed E-state index contributed by atoms with van der Waals surface area (Å²) in [6, 6.07) is 7.35. The van der Waals surface area contributed by atoms with Crippen molar-refractivity contribution in [1.82, 2.24) is 19.4 Å². The highest BCUT2D eigenvalue weighted by molar-refractivity contribution is 6.30. The Bertz CT molecular complexity index is 986. The summed E-state index contributed by atoms with van der Waals surface area (Å²) in [6.07, 6.45) is 1.41. The highest BCUT2D eigenvalue weighted by Gasteiger charge is 2.18. The first-order valence-electron chi connectivity index (χ1n) is 7.47. The second-order valence-corrected chi connectivity index (χ2v) is 6.01. The molecule has 6 nitrogen and oxygen atoms in total. The zero-order chi connectivity index (χ0) is 17.4. The third kappa shape index (κ3) is 2.59. The van der Waals surface area contributed by atoms with E-state index in [1.807, 2.05) is 30.5 Å². The van der Waals surface area contributed by atoms with Crippen molar-refractivity contribution in [2.75, 3.05) is 7.05 Å². The zero-order valence-corrected chi connectivity index (χ0v) is 14.4. The summed E-state index contributed by atoms with van der Waals surface area (Å²) < 4.78 is 3.24. The van der Waals surface area contributed by atoms with Gasteiger partial charge >= 0.3 is 0 Å². The number of amides is 1. The molecule has 2 aromatic heterocycles. The van der Waals surface area contributed by atoms with Gasteiger partial charge in [-0.05, 0) is 43.7 Å². The van der Waals surface area contributed by atoms with Gasteiger partial charge in [0.15, 0.2) is 5.65 Å². The summed E-state index contributed by atoms with van der Waals surface area (Å²) in [5, 5.41) is 3.67. The van der Waals surface area contributed by atoms with Crippen LogP contribution in [0.2, 0.25) is 5.02 Å². The van der Waals surface area contributed by atoms with E-state index in [-0.39, 0.29) is 18.0 Å². The first kappa shape index (κ1) is 16.3. The molecule has 0 radical (unpaired) electrons. The van der Waals surface area contributed by atoms with E-state index >= 15 is 0 Å². The molecule has 24 heavy (non-hydrogen) atoms. The largest absolute Gasteiger partial charge is 0.358 e. The molecule has 2 heterocycles. The maximum Gasteiger partial charge on any atom is 0.263 e. The lowest BCUT2D eigenvalue weighted by atomic mass is 10.2. The van der Waals surface area contributed by atoms with E-state index in [4.69, 9.17) is 11.6 Å². The summed E-state index contributed by atoms with van der Waals surface area (Å²) in [4.78, 5) is 28.7. The summed E-state index contributed by atoms with van der Waals surface area (Å²) in [6.45, 7) is 3.77. The Hall–Kier alpha value is -2.60. The van der Waals surface area contributed by atoms with E-state index in [1.165, 1.54) is 17.9 Å². The predicted molar refractivity (Wildman–Crippen MR) is 93.9 cm³/mol. The molecule has 0 fully saturated rings. The van der Waals surface area contributed by atoms with Crippen molar-refractivity contribution in [3.05, 3.63) is 57.2 Å². The Labute approximate surface area is 143 Å². The number of hydrogen-bond acceptors (Lipinski definition) is 3. The van der Waals surface area contributed by atoms with Crippen LogP contribution >= 0.6 is 11.6 Å². The summed E-state index contributed by atoms with van der Waals surface area (Å²) in [5.74, 6) is -0.246. The molecule has 3 rings (SSSR count). The molecule has 3 aromatic rings. The average molecular weight is 345 g/mol. The number of aromatic nitrogens is 3. The van der Waals surface area contributed by atoms with Crippen molar-refractivity contribution < 1.29 is 4.79 Å². The van der Waals surface area contributed by atoms with Crippen LogP contribution in [0.5, 0.6) is 0 Å². The summed E-state index contributed by atoms with van der Waals surface area (Å²) in [5.41, 5.74) is 3.01. The Morgan fingerprint density at radius 3 is 2.54 bits per heavy atom. The van der Waals surface area contributed by atoms with Gasteiger partial charge in [0, 0.05) is 23.5 Å². The van der Waals surface area contributed by atoms with Crippen molar-refractivity contribution in [2.24, 2.45) is 0 Å². The fourth-order valence-corrected chi connectivity index (χ4v) is 2.86. The van der Waals surface area contributed by atoms with Crippen LogP contribution in [0, 0.1) is 13.8 Å². The predicted octanol–water partition coefficient (Wildman–Crippen LogP) is 2.20. The number of nitrogens with zero attached hydrogens (tertiary/aromatic N) is 3. The number of nitrogens with one attached hydrogen (secondary N) is 1. The van der Waals surface area contributed by atoms with Gasteiger partial charge in [-0.3, -0.25) is 18.7 Å². The van der Waals surface area contributed by atoms with Gasteiger partial charge in [-0.1, -0.05) is 11.6 Å². The van der Waals surface area contributed by atoms with Crippen LogP contribution in [0.1, 0.15) is 11.3 Å². The minimum absolute atomic E-state index is 0.0527. The first-order chi connectivity index (χ1) is 11.4. The zero-order valence-electron chi connectivity index (χ0n) is 13.6. The lowest BCUT2D eigenvalue weighted by molar-refractivity contribution is -0.121. The van der Waals surface area contributed by atoms with Crippen LogP contribution < -0.4 is 10.9 Å². The number of carbonyl (C=O) groups excluding carboxylic acids is 1. The second-order valence-electron chi connectivity index (χ2n) is 5.57. The number of halogens is 1. The quantitative estimate of drug-likeness (QED) is 0.792. The van der Waals surface area contributed by atoms with Gasteiger partial charge < -0.3 is 5.32 Å². The second kappa shape index (κ2) is 6.13. The third-order valence-corrected chi connectivity index (χ3v) is 4.41. The van der Waals surface area contributed by atoms with Gasteiger partial charge in [-0.15, -0.1) is 0 Å². The highest BCUT2D eigenvalue weighted by atomic mass is 35.5. The number of carbonyl (C=O) groups is 1. The molecule has 0 aliphatic heterocycles. The molecule has 0 saturated carbocycles. The van der Waals surface area contributed by atoms with Crippen LogP contribution in [-0.2, 0) is 11.3 Å². The van der Waals surface area contributed by atoms with Gasteiger partial charge in [-0.2, -0.15) is 0 Å². The molecule has 0 aliphatic rings. The first-order valence-corrected chi connectivity index (χ1v) is 7.85. The van der Waals surface area contributed by atoms with Crippen LogP contribution in [0.4, 0.5) is 0 Å². The molecule has 0 bridgehead atoms. The minimum Gasteiger partial charge on any atom is -0.358 e. The molecule has 124 valence electrons. The molecule has 0 saturated heterocycles. The molecule has 1 amide bonds. The van der Waals surface area contributed by atoms with E-state index in [0.29, 0.717) is 16.1 Å². The number of benzene rings is 1. The third-order valence-electron chi connectivity index (χ3n) is 4.16. The molecule has 1 N–H and O–H groups in total. The standard InChI is InChI=1S/C17H17ClN4O2/c1-10-11(2)22(13-6-4-12(18)5-7-13)16-15(10)17(24)21(9-20-16)8-14(23)19-3/h4-7,9H,8H2,1-3H3,(H,19,23). The van der Waals surface area contributed by atoms with Crippen molar-refractivity contribution in [3.63, 3.8) is 0 Å². The molecule has 0 unspecified atom stereocenters. The fourth-order valence-electron chi connectivity index (χ4n) is 2.74. The van der Waals surface area contributed by atoms with Crippen LogP contribution in [0.15, 0.2) is 35.4 Å². The number of hydrogen-bond donors (Lipinski definition) is 1. The van der Waals surface area contributed by atoms with Gasteiger partial charge in [0.1, 0.15) is 12.9 Å². The number of fused-ring (bicyclic) bond motifs is 1. The van der Waals surface area contributed by atoms with E-state index in [1.54, 1.807) is 12.1 Å². The summed E-state index contributed by atoms with van der Waals surface area (Å²) in [7, 11) is 1.53. The molecule has 0 aliphatic carbocycles.